The van der Waals surface area contributed by atoms with E-state index in [0.717, 1.165) is 65.8 Å². The number of hydrogen-bond acceptors (Lipinski definition) is 3. The molecule has 0 amide bonds. The van der Waals surface area contributed by atoms with Crippen molar-refractivity contribution in [2.45, 2.75) is 0 Å². The molecule has 0 N–H and O–H groups in total. The molecule has 3 nitrogen and oxygen atoms in total. The van der Waals surface area contributed by atoms with Crippen LogP contribution in [-0.4, -0.2) is 0 Å². The molecule has 618 valence electrons. The third kappa shape index (κ3) is 13.3. The molecular weight excluding hydrogens is 1610 g/mol. The van der Waals surface area contributed by atoms with Crippen LogP contribution in [0.4, 0.5) is 0 Å². The lowest BCUT2D eigenvalue weighted by Crippen LogP contribution is -1.92. The molecule has 3 heteroatoms. The maximum Gasteiger partial charge on any atom is 0.136 e. The zero-order chi connectivity index (χ0) is 87.6. The first-order chi connectivity index (χ1) is 65.9. The molecule has 0 aliphatic carbocycles. The Labute approximate surface area is 766 Å². The fourth-order valence-corrected chi connectivity index (χ4v) is 21.2. The van der Waals surface area contributed by atoms with Crippen molar-refractivity contribution in [1.82, 2.24) is 0 Å². The summed E-state index contributed by atoms with van der Waals surface area (Å²) in [4.78, 5) is 0. The monoisotopic (exact) mass is 1690 g/mol. The van der Waals surface area contributed by atoms with E-state index in [2.05, 4.69) is 485 Å². The molecule has 0 fully saturated rings. The molecule has 28 rings (SSSR count). The average molecular weight is 1690 g/mol. The zero-order valence-electron chi connectivity index (χ0n) is 72.4. The Bertz CT molecular complexity index is 9560. The van der Waals surface area contributed by atoms with Gasteiger partial charge in [0.15, 0.2) is 0 Å². The smallest absolute Gasteiger partial charge is 0.136 e. The molecule has 0 bridgehead atoms. The Kier molecular flexibility index (Phi) is 18.3. The maximum absolute atomic E-state index is 6.42. The van der Waals surface area contributed by atoms with Crippen molar-refractivity contribution in [2.75, 3.05) is 0 Å². The van der Waals surface area contributed by atoms with Gasteiger partial charge in [-0.1, -0.05) is 388 Å². The lowest BCUT2D eigenvalue weighted by molar-refractivity contribution is 0.669. The average Bonchev–Trinajstić information content (AvgIpc) is 1.51. The molecule has 0 aliphatic rings. The van der Waals surface area contributed by atoms with Crippen LogP contribution in [0.25, 0.3) is 274 Å². The van der Waals surface area contributed by atoms with E-state index in [1.165, 1.54) is 208 Å². The van der Waals surface area contributed by atoms with Gasteiger partial charge in [-0.2, -0.15) is 0 Å². The highest BCUT2D eigenvalue weighted by atomic mass is 16.3. The van der Waals surface area contributed by atoms with Crippen molar-refractivity contribution in [1.29, 1.82) is 0 Å². The number of benzene rings is 25. The van der Waals surface area contributed by atoms with E-state index in [4.69, 9.17) is 13.3 Å². The van der Waals surface area contributed by atoms with Crippen molar-refractivity contribution in [3.63, 3.8) is 0 Å². The van der Waals surface area contributed by atoms with Crippen molar-refractivity contribution in [2.24, 2.45) is 0 Å². The topological polar surface area (TPSA) is 39.4 Å². The Hall–Kier alpha value is -17.5. The highest BCUT2D eigenvalue weighted by Crippen LogP contribution is 2.52. The molecule has 0 saturated carbocycles. The van der Waals surface area contributed by atoms with E-state index in [1.54, 1.807) is 0 Å². The summed E-state index contributed by atoms with van der Waals surface area (Å²) in [6, 6.07) is 175. The van der Waals surface area contributed by atoms with Crippen LogP contribution in [0.1, 0.15) is 0 Å². The van der Waals surface area contributed by atoms with E-state index < -0.39 is 0 Å². The van der Waals surface area contributed by atoms with Gasteiger partial charge < -0.3 is 13.3 Å². The second kappa shape index (κ2) is 31.8. The quantitative estimate of drug-likeness (QED) is 0.135. The summed E-state index contributed by atoms with van der Waals surface area (Å²) in [5, 5.41) is 31.6. The number of rotatable bonds is 9. The van der Waals surface area contributed by atoms with Gasteiger partial charge in [0.05, 0.1) is 0 Å². The fraction of sp³-hybridized carbons (Fsp3) is 0. The number of furan rings is 3. The lowest BCUT2D eigenvalue weighted by Gasteiger charge is -2.19. The first-order valence-electron chi connectivity index (χ1n) is 45.7. The van der Waals surface area contributed by atoms with Gasteiger partial charge in [-0.3, -0.25) is 0 Å². The minimum absolute atomic E-state index is 0.908. The van der Waals surface area contributed by atoms with E-state index in [-0.39, 0.29) is 0 Å². The van der Waals surface area contributed by atoms with Crippen molar-refractivity contribution >= 4 is 174 Å². The zero-order valence-corrected chi connectivity index (χ0v) is 72.4. The number of fused-ring (bicyclic) bond motifs is 19. The summed E-state index contributed by atoms with van der Waals surface area (Å²) in [5.41, 5.74) is 27.6. The van der Waals surface area contributed by atoms with Gasteiger partial charge in [-0.05, 0) is 305 Å². The summed E-state index contributed by atoms with van der Waals surface area (Å²) < 4.78 is 19.2. The third-order valence-electron chi connectivity index (χ3n) is 27.4. The fourth-order valence-electron chi connectivity index (χ4n) is 21.2. The highest BCUT2D eigenvalue weighted by molar-refractivity contribution is 6.27. The molecule has 0 saturated heterocycles. The van der Waals surface area contributed by atoms with Gasteiger partial charge in [0.25, 0.3) is 0 Å². The second-order valence-electron chi connectivity index (χ2n) is 35.1. The normalized spacial score (nSPS) is 11.8. The van der Waals surface area contributed by atoms with Gasteiger partial charge in [0.1, 0.15) is 33.5 Å². The summed E-state index contributed by atoms with van der Waals surface area (Å²) in [6.45, 7) is 0. The van der Waals surface area contributed by atoms with Gasteiger partial charge in [-0.25, -0.2) is 0 Å². The van der Waals surface area contributed by atoms with E-state index in [1.807, 2.05) is 0 Å². The molecule has 0 aliphatic heterocycles. The summed E-state index contributed by atoms with van der Waals surface area (Å²) >= 11 is 0. The van der Waals surface area contributed by atoms with Crippen LogP contribution >= 0.6 is 0 Å². The van der Waals surface area contributed by atoms with Crippen LogP contribution in [0.3, 0.4) is 0 Å². The molecule has 3 heterocycles. The maximum atomic E-state index is 6.42. The van der Waals surface area contributed by atoms with Crippen molar-refractivity contribution in [3.8, 4) is 100 Å². The Morgan fingerprint density at radius 3 is 0.602 bits per heavy atom. The van der Waals surface area contributed by atoms with Crippen molar-refractivity contribution in [3.05, 3.63) is 485 Å². The van der Waals surface area contributed by atoms with E-state index in [0.29, 0.717) is 0 Å². The minimum atomic E-state index is 0.908. The first kappa shape index (κ1) is 76.7. The third-order valence-corrected chi connectivity index (χ3v) is 27.4. The second-order valence-corrected chi connectivity index (χ2v) is 35.1. The Morgan fingerprint density at radius 1 is 0.0902 bits per heavy atom. The van der Waals surface area contributed by atoms with Gasteiger partial charge in [0.2, 0.25) is 0 Å². The predicted octanol–water partition coefficient (Wildman–Crippen LogP) is 37.3. The van der Waals surface area contributed by atoms with E-state index in [9.17, 15) is 0 Å². The molecular formula is C130H80O3. The van der Waals surface area contributed by atoms with Crippen LogP contribution in [0.2, 0.25) is 0 Å². The standard InChI is InChI=1S/C46H28O.2C42H26O/c1-2-11-30(12-3-1)45-37-16-8-9-17-38(37)46(42-26-35(20-22-39(42)45)34-19-18-29-10-4-5-13-31(29)24-34)36-21-23-43-40(27-36)41-25-32-14-6-7-15-33(32)28-44(41)47-43;1-3-11-27(12-4-1)31-19-21-35-38(24-31)41(28-13-5-2-6-14-28)33-17-9-10-18-34(33)42(35)32-20-22-39-36(25-32)37-23-29-15-7-8-16-30(29)26-40(37)43-39;1-3-11-27(12-4-1)31-19-21-35-38(24-31)42(34-18-10-9-17-33(34)41(35)28-13-5-2-6-14-28)32-20-22-39-36(25-32)37-23-29-15-7-8-16-30(29)26-40(37)43-39/h1-28H;2*1-26H. The molecule has 28 aromatic rings. The largest absolute Gasteiger partial charge is 0.456 e. The van der Waals surface area contributed by atoms with Crippen LogP contribution in [0, 0.1) is 0 Å². The molecule has 3 aromatic heterocycles. The van der Waals surface area contributed by atoms with Crippen molar-refractivity contribution < 1.29 is 13.3 Å². The van der Waals surface area contributed by atoms with Crippen LogP contribution in [0.5, 0.6) is 0 Å². The Balaban J connectivity index is 0.000000104. The molecule has 0 radical (unpaired) electrons. The van der Waals surface area contributed by atoms with Crippen LogP contribution in [0.15, 0.2) is 499 Å². The van der Waals surface area contributed by atoms with Gasteiger partial charge in [-0.15, -0.1) is 0 Å². The molecule has 25 aromatic carbocycles. The molecule has 133 heavy (non-hydrogen) atoms. The minimum Gasteiger partial charge on any atom is -0.456 e. The summed E-state index contributed by atoms with van der Waals surface area (Å²) in [6.07, 6.45) is 0. The summed E-state index contributed by atoms with van der Waals surface area (Å²) in [5.74, 6) is 0. The highest BCUT2D eigenvalue weighted by Gasteiger charge is 2.25. The van der Waals surface area contributed by atoms with Crippen LogP contribution in [-0.2, 0) is 0 Å². The SMILES string of the molecule is c1ccc(-c2c3ccccc3c(-c3ccc4oc5cc6ccccc6cc5c4c3)c3cc(-c4ccc5ccccc5c4)ccc23)cc1.c1ccc(-c2ccc3c(-c4ccc5oc6cc7ccccc7cc6c5c4)c4ccccc4c(-c4ccccc4)c3c2)cc1.c1ccc(-c2ccc3c(-c4ccccc4)c4ccccc4c(-c4ccc5oc6cc7ccccc7cc6c5c4)c3c2)cc1. The van der Waals surface area contributed by atoms with Gasteiger partial charge in [0, 0.05) is 32.3 Å². The van der Waals surface area contributed by atoms with Gasteiger partial charge >= 0.3 is 0 Å². The Morgan fingerprint density at radius 2 is 0.286 bits per heavy atom. The van der Waals surface area contributed by atoms with Crippen LogP contribution < -0.4 is 0 Å². The molecule has 0 spiro atoms. The van der Waals surface area contributed by atoms with E-state index >= 15 is 0 Å². The molecule has 0 atom stereocenters. The number of hydrogen-bond donors (Lipinski definition) is 0. The first-order valence-corrected chi connectivity index (χ1v) is 45.7. The summed E-state index contributed by atoms with van der Waals surface area (Å²) in [7, 11) is 0. The lowest BCUT2D eigenvalue weighted by atomic mass is 9.84. The predicted molar refractivity (Wildman–Crippen MR) is 565 cm³/mol. The molecule has 0 unspecified atom stereocenters.